The molecule has 4 aromatic rings. The summed E-state index contributed by atoms with van der Waals surface area (Å²) in [6.45, 7) is 0. The van der Waals surface area contributed by atoms with Crippen molar-refractivity contribution >= 4 is 31.8 Å². The number of hydrogen-bond acceptors (Lipinski definition) is 2. The Hall–Kier alpha value is -3.05. The number of carbonyl (C=O) groups is 1. The number of benzene rings is 3. The average molecular weight is 530 g/mol. The number of aliphatic carboxylic acids is 1. The monoisotopic (exact) mass is 531 g/mol. The fraction of sp³-hybridized carbons (Fsp3) is 0.107. The van der Waals surface area contributed by atoms with Gasteiger partial charge in [-0.25, -0.2) is 4.79 Å². The fourth-order valence-electron chi connectivity index (χ4n) is 3.38. The van der Waals surface area contributed by atoms with Crippen molar-refractivity contribution in [1.82, 2.24) is 0 Å². The van der Waals surface area contributed by atoms with Crippen LogP contribution in [0.4, 0.5) is 0 Å². The minimum atomic E-state index is -1.56. The Morgan fingerprint density at radius 1 is 0.688 bits per heavy atom. The Bertz CT molecular complexity index is 961. The van der Waals surface area contributed by atoms with Crippen LogP contribution in [0.3, 0.4) is 0 Å². The van der Waals surface area contributed by atoms with E-state index in [-0.39, 0.29) is 0 Å². The molecule has 4 heteroatoms. The Labute approximate surface area is 196 Å². The first-order valence-corrected chi connectivity index (χ1v) is 16.6. The zero-order valence-corrected chi connectivity index (χ0v) is 20.8. The Kier molecular flexibility index (Phi) is 9.87. The molecule has 0 amide bonds. The van der Waals surface area contributed by atoms with Gasteiger partial charge in [-0.1, -0.05) is 0 Å². The quantitative estimate of drug-likeness (QED) is 0.218. The molecule has 0 atom stereocenters. The first kappa shape index (κ1) is 23.6. The average Bonchev–Trinajstić information content (AvgIpc) is 3.34. The summed E-state index contributed by atoms with van der Waals surface area (Å²) in [4.78, 5) is 9.97. The van der Waals surface area contributed by atoms with E-state index in [1.165, 1.54) is 42.3 Å². The van der Waals surface area contributed by atoms with Crippen LogP contribution in [-0.2, 0) is 18.1 Å². The molecule has 0 unspecified atom stereocenters. The van der Waals surface area contributed by atoms with Gasteiger partial charge in [-0.2, -0.15) is 0 Å². The molecule has 0 saturated heterocycles. The van der Waals surface area contributed by atoms with E-state index in [4.69, 9.17) is 9.52 Å². The van der Waals surface area contributed by atoms with Crippen molar-refractivity contribution < 1.29 is 14.3 Å². The molecule has 0 aliphatic carbocycles. The van der Waals surface area contributed by atoms with Crippen molar-refractivity contribution in [3.8, 4) is 0 Å². The summed E-state index contributed by atoms with van der Waals surface area (Å²) in [5, 5.41) is 8.18. The molecule has 1 radical (unpaired) electrons. The van der Waals surface area contributed by atoms with Crippen LogP contribution in [0.25, 0.3) is 6.08 Å². The summed E-state index contributed by atoms with van der Waals surface area (Å²) in [6.07, 6.45) is 3.91. The molecule has 1 N–H and O–H groups in total. The zero-order chi connectivity index (χ0) is 22.4. The van der Waals surface area contributed by atoms with Crippen LogP contribution in [0.5, 0.6) is 0 Å². The van der Waals surface area contributed by atoms with Gasteiger partial charge in [0.15, 0.2) is 0 Å². The predicted molar refractivity (Wildman–Crippen MR) is 132 cm³/mol. The van der Waals surface area contributed by atoms with E-state index in [1.807, 2.05) is 0 Å². The zero-order valence-electron chi connectivity index (χ0n) is 17.9. The van der Waals surface area contributed by atoms with E-state index < -0.39 is 25.7 Å². The second-order valence-corrected chi connectivity index (χ2v) is 14.7. The maximum atomic E-state index is 9.97. The topological polar surface area (TPSA) is 50.4 Å². The first-order valence-electron chi connectivity index (χ1n) is 10.6. The summed E-state index contributed by atoms with van der Waals surface area (Å²) in [5.74, 6) is -0.432. The van der Waals surface area contributed by atoms with Crippen LogP contribution in [0, 0.1) is 0 Å². The molecular formula is C28H27O3Sn. The molecule has 161 valence electrons. The van der Waals surface area contributed by atoms with E-state index in [9.17, 15) is 4.79 Å². The second-order valence-electron chi connectivity index (χ2n) is 7.42. The molecular weight excluding hydrogens is 503 g/mol. The maximum absolute atomic E-state index is 9.97. The number of carboxylic acids is 1. The van der Waals surface area contributed by atoms with E-state index in [2.05, 4.69) is 91.0 Å². The van der Waals surface area contributed by atoms with Crippen molar-refractivity contribution in [2.75, 3.05) is 0 Å². The van der Waals surface area contributed by atoms with Gasteiger partial charge in [-0.15, -0.1) is 0 Å². The minimum absolute atomic E-state index is 0.544. The summed E-state index contributed by atoms with van der Waals surface area (Å²) < 4.78 is 8.81. The second kappa shape index (κ2) is 13.4. The van der Waals surface area contributed by atoms with Crippen LogP contribution < -0.4 is 0 Å². The molecule has 0 aliphatic rings. The third-order valence-electron chi connectivity index (χ3n) is 4.82. The van der Waals surface area contributed by atoms with Gasteiger partial charge < -0.3 is 9.52 Å². The number of rotatable bonds is 8. The Morgan fingerprint density at radius 2 is 1.12 bits per heavy atom. The van der Waals surface area contributed by atoms with Gasteiger partial charge in [-0.3, -0.25) is 0 Å². The summed E-state index contributed by atoms with van der Waals surface area (Å²) in [7, 11) is 0. The first-order chi connectivity index (χ1) is 15.7. The molecule has 0 aliphatic heterocycles. The third-order valence-corrected chi connectivity index (χ3v) is 12.6. The van der Waals surface area contributed by atoms with Crippen molar-refractivity contribution in [2.24, 2.45) is 0 Å². The fourth-order valence-corrected chi connectivity index (χ4v) is 11.4. The van der Waals surface area contributed by atoms with Gasteiger partial charge in [0, 0.05) is 6.08 Å². The molecule has 0 spiro atoms. The van der Waals surface area contributed by atoms with Crippen molar-refractivity contribution in [2.45, 2.75) is 13.3 Å². The van der Waals surface area contributed by atoms with Crippen LogP contribution in [-0.4, -0.2) is 30.8 Å². The van der Waals surface area contributed by atoms with Gasteiger partial charge in [0.05, 0.1) is 6.26 Å². The van der Waals surface area contributed by atoms with E-state index >= 15 is 0 Å². The third kappa shape index (κ3) is 8.98. The van der Waals surface area contributed by atoms with Gasteiger partial charge in [0.2, 0.25) is 0 Å². The molecule has 32 heavy (non-hydrogen) atoms. The van der Waals surface area contributed by atoms with E-state index in [0.29, 0.717) is 5.76 Å². The Balaban J connectivity index is 0.000000243. The molecule has 0 bridgehead atoms. The van der Waals surface area contributed by atoms with Crippen LogP contribution in [0.2, 0.25) is 0 Å². The number of furan rings is 1. The molecule has 0 fully saturated rings. The molecule has 1 aromatic heterocycles. The van der Waals surface area contributed by atoms with Crippen molar-refractivity contribution in [3.05, 3.63) is 138 Å². The SMILES string of the molecule is O=C(O)/C=C/c1ccco1.c1ccc([CH2][Sn]([CH2]c2ccccc2)[CH2]c2ccccc2)cc1. The van der Waals surface area contributed by atoms with E-state index in [0.717, 1.165) is 6.08 Å². The Morgan fingerprint density at radius 3 is 1.47 bits per heavy atom. The van der Waals surface area contributed by atoms with E-state index in [1.54, 1.807) is 12.1 Å². The summed E-state index contributed by atoms with van der Waals surface area (Å²) >= 11 is -1.56. The molecule has 4 rings (SSSR count). The number of hydrogen-bond donors (Lipinski definition) is 1. The van der Waals surface area contributed by atoms with Crippen LogP contribution >= 0.6 is 0 Å². The van der Waals surface area contributed by atoms with Gasteiger partial charge in [0.1, 0.15) is 5.76 Å². The van der Waals surface area contributed by atoms with Crippen LogP contribution in [0.15, 0.2) is 120 Å². The van der Waals surface area contributed by atoms with Crippen molar-refractivity contribution in [3.63, 3.8) is 0 Å². The van der Waals surface area contributed by atoms with Gasteiger partial charge in [-0.05, 0) is 18.2 Å². The predicted octanol–water partition coefficient (Wildman–Crippen LogP) is 6.20. The normalized spacial score (nSPS) is 10.7. The standard InChI is InChI=1S/C7H6O3.3C7H7.Sn/c8-7(9)4-3-6-2-1-5-10-6;3*1-7-5-3-2-4-6-7;/h1-5H,(H,8,9);3*2-6H,1H2;/b4-3+;;;;. The molecule has 0 saturated carbocycles. The molecule has 3 nitrogen and oxygen atoms in total. The molecule has 1 heterocycles. The van der Waals surface area contributed by atoms with Crippen molar-refractivity contribution in [1.29, 1.82) is 0 Å². The number of carboxylic acid groups (broad SMARTS) is 1. The summed E-state index contributed by atoms with van der Waals surface area (Å²) in [5.41, 5.74) is 4.55. The molecule has 3 aromatic carbocycles. The summed E-state index contributed by atoms with van der Waals surface area (Å²) in [6, 6.07) is 36.4. The van der Waals surface area contributed by atoms with Gasteiger partial charge in [0.25, 0.3) is 0 Å². The van der Waals surface area contributed by atoms with Crippen LogP contribution in [0.1, 0.15) is 22.5 Å². The van der Waals surface area contributed by atoms with Gasteiger partial charge >= 0.3 is 147 Å².